The molecule has 120 valence electrons. The summed E-state index contributed by atoms with van der Waals surface area (Å²) in [6.45, 7) is 0. The van der Waals surface area contributed by atoms with Crippen LogP contribution in [0.5, 0.6) is 0 Å². The Balaban J connectivity index is 2.32. The lowest BCUT2D eigenvalue weighted by Gasteiger charge is -2.09. The second-order valence-corrected chi connectivity index (χ2v) is 5.74. The SMILES string of the molecule is N#Cc1cc(C(F)(F)F)nc(SCc2c(Cl)cnc(F)c2Cl)n1. The summed E-state index contributed by atoms with van der Waals surface area (Å²) in [7, 11) is 0. The number of rotatable bonds is 3. The van der Waals surface area contributed by atoms with Crippen LogP contribution < -0.4 is 0 Å². The molecule has 2 rings (SSSR count). The van der Waals surface area contributed by atoms with Gasteiger partial charge in [-0.3, -0.25) is 0 Å². The van der Waals surface area contributed by atoms with Crippen molar-refractivity contribution in [2.75, 3.05) is 0 Å². The van der Waals surface area contributed by atoms with Gasteiger partial charge >= 0.3 is 6.18 Å². The molecule has 0 saturated heterocycles. The highest BCUT2D eigenvalue weighted by Crippen LogP contribution is 2.33. The predicted molar refractivity (Wildman–Crippen MR) is 75.5 cm³/mol. The molecule has 0 N–H and O–H groups in total. The third-order valence-corrected chi connectivity index (χ3v) is 4.07. The maximum Gasteiger partial charge on any atom is 0.433 e. The first-order valence-electron chi connectivity index (χ1n) is 5.70. The Labute approximate surface area is 141 Å². The van der Waals surface area contributed by atoms with Crippen LogP contribution in [0.15, 0.2) is 17.4 Å². The van der Waals surface area contributed by atoms with Gasteiger partial charge in [0.05, 0.1) is 5.02 Å². The van der Waals surface area contributed by atoms with E-state index in [1.165, 1.54) is 6.07 Å². The van der Waals surface area contributed by atoms with E-state index in [0.29, 0.717) is 6.07 Å². The van der Waals surface area contributed by atoms with Gasteiger partial charge in [0.1, 0.15) is 22.5 Å². The van der Waals surface area contributed by atoms with Crippen LogP contribution in [0.25, 0.3) is 0 Å². The molecule has 0 aliphatic carbocycles. The lowest BCUT2D eigenvalue weighted by Crippen LogP contribution is -2.10. The fourth-order valence-electron chi connectivity index (χ4n) is 1.44. The van der Waals surface area contributed by atoms with E-state index >= 15 is 0 Å². The van der Waals surface area contributed by atoms with Crippen molar-refractivity contribution in [2.45, 2.75) is 17.1 Å². The van der Waals surface area contributed by atoms with Crippen LogP contribution in [0.2, 0.25) is 10.0 Å². The molecule has 2 heterocycles. The smallest absolute Gasteiger partial charge is 0.225 e. The number of aromatic nitrogens is 3. The molecule has 0 amide bonds. The van der Waals surface area contributed by atoms with E-state index < -0.39 is 23.5 Å². The molecule has 11 heteroatoms. The average Bonchev–Trinajstić information content (AvgIpc) is 2.50. The molecule has 0 aromatic carbocycles. The number of hydrogen-bond acceptors (Lipinski definition) is 5. The lowest BCUT2D eigenvalue weighted by atomic mass is 10.3. The fraction of sp³-hybridized carbons (Fsp3) is 0.167. The molecule has 23 heavy (non-hydrogen) atoms. The summed E-state index contributed by atoms with van der Waals surface area (Å²) in [6.07, 6.45) is -3.69. The van der Waals surface area contributed by atoms with Gasteiger partial charge in [-0.15, -0.1) is 0 Å². The molecule has 0 spiro atoms. The first-order valence-corrected chi connectivity index (χ1v) is 7.44. The molecule has 0 unspecified atom stereocenters. The first kappa shape index (κ1) is 17.7. The Bertz CT molecular complexity index is 792. The van der Waals surface area contributed by atoms with Crippen molar-refractivity contribution >= 4 is 35.0 Å². The van der Waals surface area contributed by atoms with Crippen LogP contribution in [0.3, 0.4) is 0 Å². The van der Waals surface area contributed by atoms with E-state index in [4.69, 9.17) is 28.5 Å². The van der Waals surface area contributed by atoms with Gasteiger partial charge in [-0.25, -0.2) is 15.0 Å². The van der Waals surface area contributed by atoms with Crippen molar-refractivity contribution in [1.82, 2.24) is 15.0 Å². The van der Waals surface area contributed by atoms with Crippen LogP contribution in [0, 0.1) is 17.3 Å². The normalized spacial score (nSPS) is 11.3. The minimum atomic E-state index is -4.72. The number of halogens is 6. The second kappa shape index (κ2) is 6.86. The Kier molecular flexibility index (Phi) is 5.29. The van der Waals surface area contributed by atoms with Gasteiger partial charge < -0.3 is 0 Å². The summed E-state index contributed by atoms with van der Waals surface area (Å²) < 4.78 is 51.4. The maximum atomic E-state index is 13.3. The number of nitrogens with zero attached hydrogens (tertiary/aromatic N) is 4. The van der Waals surface area contributed by atoms with Crippen LogP contribution in [-0.2, 0) is 11.9 Å². The summed E-state index contributed by atoms with van der Waals surface area (Å²) in [5.41, 5.74) is -1.54. The summed E-state index contributed by atoms with van der Waals surface area (Å²) in [5.74, 6) is -1.04. The highest BCUT2D eigenvalue weighted by atomic mass is 35.5. The van der Waals surface area contributed by atoms with Crippen molar-refractivity contribution in [1.29, 1.82) is 5.26 Å². The molecular formula is C12H4Cl2F4N4S. The summed E-state index contributed by atoms with van der Waals surface area (Å²) in [6, 6.07) is 2.06. The van der Waals surface area contributed by atoms with Crippen LogP contribution in [0.4, 0.5) is 17.6 Å². The molecule has 0 radical (unpaired) electrons. The second-order valence-electron chi connectivity index (χ2n) is 4.01. The van der Waals surface area contributed by atoms with Crippen molar-refractivity contribution in [3.05, 3.63) is 45.2 Å². The molecule has 0 atom stereocenters. The zero-order valence-corrected chi connectivity index (χ0v) is 13.2. The molecule has 0 fully saturated rings. The third kappa shape index (κ3) is 4.22. The van der Waals surface area contributed by atoms with Gasteiger partial charge in [0.25, 0.3) is 0 Å². The largest absolute Gasteiger partial charge is 0.433 e. The van der Waals surface area contributed by atoms with Crippen molar-refractivity contribution in [3.63, 3.8) is 0 Å². The Hall–Kier alpha value is -1.63. The molecule has 0 aliphatic heterocycles. The quantitative estimate of drug-likeness (QED) is 0.338. The minimum Gasteiger partial charge on any atom is -0.225 e. The number of alkyl halides is 3. The Morgan fingerprint density at radius 1 is 1.26 bits per heavy atom. The molecule has 0 bridgehead atoms. The van der Waals surface area contributed by atoms with Gasteiger partial charge in [0.2, 0.25) is 5.95 Å². The van der Waals surface area contributed by atoms with E-state index in [1.54, 1.807) is 0 Å². The predicted octanol–water partition coefficient (Wildman–Crippen LogP) is 4.50. The maximum absolute atomic E-state index is 13.3. The number of pyridine rings is 1. The van der Waals surface area contributed by atoms with Gasteiger partial charge in [0.15, 0.2) is 5.16 Å². The van der Waals surface area contributed by atoms with Crippen LogP contribution in [0.1, 0.15) is 17.0 Å². The summed E-state index contributed by atoms with van der Waals surface area (Å²) in [4.78, 5) is 10.3. The minimum absolute atomic E-state index is 0.0522. The van der Waals surface area contributed by atoms with E-state index in [2.05, 4.69) is 15.0 Å². The number of hydrogen-bond donors (Lipinski definition) is 0. The molecule has 4 nitrogen and oxygen atoms in total. The standard InChI is InChI=1S/C12H4Cl2F4N4S/c13-7-3-20-10(15)9(14)6(7)4-23-11-21-5(2-19)1-8(22-11)12(16,17)18/h1,3H,4H2. The van der Waals surface area contributed by atoms with Crippen molar-refractivity contribution < 1.29 is 17.6 Å². The lowest BCUT2D eigenvalue weighted by molar-refractivity contribution is -0.141. The van der Waals surface area contributed by atoms with Gasteiger partial charge in [-0.1, -0.05) is 35.0 Å². The summed E-state index contributed by atoms with van der Waals surface area (Å²) >= 11 is 12.3. The number of thioether (sulfide) groups is 1. The number of nitriles is 1. The average molecular weight is 383 g/mol. The molecule has 2 aromatic rings. The van der Waals surface area contributed by atoms with Crippen LogP contribution >= 0.6 is 35.0 Å². The topological polar surface area (TPSA) is 62.5 Å². The van der Waals surface area contributed by atoms with E-state index in [9.17, 15) is 17.6 Å². The zero-order chi connectivity index (χ0) is 17.2. The van der Waals surface area contributed by atoms with E-state index in [0.717, 1.165) is 18.0 Å². The Morgan fingerprint density at radius 3 is 2.57 bits per heavy atom. The molecular weight excluding hydrogens is 379 g/mol. The highest BCUT2D eigenvalue weighted by Gasteiger charge is 2.33. The van der Waals surface area contributed by atoms with E-state index in [1.807, 2.05) is 0 Å². The molecule has 0 saturated carbocycles. The highest BCUT2D eigenvalue weighted by molar-refractivity contribution is 7.98. The third-order valence-electron chi connectivity index (χ3n) is 2.48. The molecule has 0 aliphatic rings. The van der Waals surface area contributed by atoms with Crippen LogP contribution in [-0.4, -0.2) is 15.0 Å². The monoisotopic (exact) mass is 382 g/mol. The van der Waals surface area contributed by atoms with Crippen molar-refractivity contribution in [2.24, 2.45) is 0 Å². The zero-order valence-electron chi connectivity index (χ0n) is 10.8. The summed E-state index contributed by atoms with van der Waals surface area (Å²) in [5, 5.41) is 8.16. The van der Waals surface area contributed by atoms with Gasteiger partial charge in [-0.05, 0) is 0 Å². The first-order chi connectivity index (χ1) is 10.7. The molecule has 2 aromatic heterocycles. The van der Waals surface area contributed by atoms with Crippen molar-refractivity contribution in [3.8, 4) is 6.07 Å². The van der Waals surface area contributed by atoms with E-state index in [-0.39, 0.29) is 26.5 Å². The van der Waals surface area contributed by atoms with Gasteiger partial charge in [0, 0.05) is 23.6 Å². The Morgan fingerprint density at radius 2 is 1.96 bits per heavy atom. The van der Waals surface area contributed by atoms with Gasteiger partial charge in [-0.2, -0.15) is 22.8 Å². The fourth-order valence-corrected chi connectivity index (χ4v) is 2.97.